The number of carbonyl (C=O) groups is 1. The maximum atomic E-state index is 13.1. The first-order valence-corrected chi connectivity index (χ1v) is 12.0. The minimum absolute atomic E-state index is 0.0704. The van der Waals surface area contributed by atoms with E-state index in [9.17, 15) is 9.59 Å². The fraction of sp³-hybridized carbons (Fsp3) is 0.476. The van der Waals surface area contributed by atoms with Crippen molar-refractivity contribution < 1.29 is 4.79 Å². The lowest BCUT2D eigenvalue weighted by atomic mass is 9.83. The molecule has 2 saturated carbocycles. The Bertz CT molecular complexity index is 1040. The highest BCUT2D eigenvalue weighted by atomic mass is 32.1. The largest absolute Gasteiger partial charge is 0.353 e. The molecule has 0 spiro atoms. The highest BCUT2D eigenvalue weighted by molar-refractivity contribution is 7.13. The molecule has 3 aromatic heterocycles. The molecule has 1 amide bonds. The van der Waals surface area contributed by atoms with Gasteiger partial charge in [0.25, 0.3) is 0 Å². The molecule has 3 aromatic rings. The van der Waals surface area contributed by atoms with Gasteiger partial charge in [-0.3, -0.25) is 9.36 Å². The van der Waals surface area contributed by atoms with E-state index >= 15 is 0 Å². The van der Waals surface area contributed by atoms with E-state index in [0.717, 1.165) is 54.1 Å². The summed E-state index contributed by atoms with van der Waals surface area (Å²) in [4.78, 5) is 28.2. The maximum absolute atomic E-state index is 13.1. The smallest absolute Gasteiger partial charge is 0.346 e. The van der Waals surface area contributed by atoms with E-state index in [-0.39, 0.29) is 17.6 Å². The molecule has 0 aliphatic heterocycles. The van der Waals surface area contributed by atoms with Gasteiger partial charge in [-0.2, -0.15) is 0 Å². The Balaban J connectivity index is 1.31. The van der Waals surface area contributed by atoms with E-state index in [1.54, 1.807) is 22.7 Å². The fourth-order valence-corrected chi connectivity index (χ4v) is 6.05. The summed E-state index contributed by atoms with van der Waals surface area (Å²) in [6.07, 6.45) is 6.03. The molecule has 0 aromatic carbocycles. The van der Waals surface area contributed by atoms with Crippen LogP contribution >= 0.6 is 22.7 Å². The number of nitrogens with one attached hydrogen (secondary N) is 1. The molecule has 0 radical (unpaired) electrons. The van der Waals surface area contributed by atoms with Crippen molar-refractivity contribution in [3.63, 3.8) is 0 Å². The van der Waals surface area contributed by atoms with E-state index in [0.29, 0.717) is 13.1 Å². The van der Waals surface area contributed by atoms with Gasteiger partial charge in [-0.15, -0.1) is 27.8 Å². The summed E-state index contributed by atoms with van der Waals surface area (Å²) in [6, 6.07) is 8.34. The van der Waals surface area contributed by atoms with Crippen molar-refractivity contribution in [2.75, 3.05) is 6.54 Å². The summed E-state index contributed by atoms with van der Waals surface area (Å²) in [7, 11) is 0. The van der Waals surface area contributed by atoms with Crippen molar-refractivity contribution in [1.82, 2.24) is 19.7 Å². The molecule has 29 heavy (non-hydrogen) atoms. The van der Waals surface area contributed by atoms with Crippen LogP contribution in [0.3, 0.4) is 0 Å². The van der Waals surface area contributed by atoms with Crippen LogP contribution in [0.1, 0.15) is 49.4 Å². The van der Waals surface area contributed by atoms with E-state index in [1.807, 2.05) is 33.5 Å². The van der Waals surface area contributed by atoms with E-state index < -0.39 is 5.41 Å². The fourth-order valence-electron chi connectivity index (χ4n) is 4.36. The molecule has 0 bridgehead atoms. The summed E-state index contributed by atoms with van der Waals surface area (Å²) in [5, 5.41) is 11.7. The van der Waals surface area contributed by atoms with Crippen molar-refractivity contribution in [3.05, 3.63) is 50.4 Å². The van der Waals surface area contributed by atoms with Gasteiger partial charge in [-0.05, 0) is 48.6 Å². The Kier molecular flexibility index (Phi) is 4.91. The normalized spacial score (nSPS) is 18.2. The monoisotopic (exact) mass is 428 g/mol. The van der Waals surface area contributed by atoms with Crippen molar-refractivity contribution in [2.24, 2.45) is 0 Å². The number of aromatic nitrogens is 3. The average molecular weight is 429 g/mol. The molecule has 3 heterocycles. The number of hydrogen-bond donors (Lipinski definition) is 1. The van der Waals surface area contributed by atoms with Crippen molar-refractivity contribution in [2.45, 2.75) is 56.5 Å². The summed E-state index contributed by atoms with van der Waals surface area (Å²) in [6.45, 7) is 0.806. The van der Waals surface area contributed by atoms with Gasteiger partial charge in [0.1, 0.15) is 0 Å². The Morgan fingerprint density at radius 3 is 2.59 bits per heavy atom. The third-order valence-electron chi connectivity index (χ3n) is 6.02. The zero-order valence-corrected chi connectivity index (χ0v) is 17.8. The standard InChI is InChI=1S/C21H24N4O2S2/c26-19(21(9-1-2-10-21)17-6-4-14-29-17)22-11-12-24-20(27)25(15-7-8-15)18(23-24)16-5-3-13-28-16/h3-6,13-15H,1-2,7-12H2,(H,22,26). The number of amides is 1. The lowest BCUT2D eigenvalue weighted by Crippen LogP contribution is -2.43. The molecule has 152 valence electrons. The van der Waals surface area contributed by atoms with Crippen LogP contribution < -0.4 is 11.0 Å². The van der Waals surface area contributed by atoms with Gasteiger partial charge in [-0.1, -0.05) is 25.0 Å². The number of thiophene rings is 2. The second-order valence-electron chi connectivity index (χ2n) is 7.93. The SMILES string of the molecule is O=C(NCCn1nc(-c2cccs2)n(C2CC2)c1=O)C1(c2cccs2)CCCC1. The number of nitrogens with zero attached hydrogens (tertiary/aromatic N) is 3. The van der Waals surface area contributed by atoms with Gasteiger partial charge in [0, 0.05) is 17.5 Å². The highest BCUT2D eigenvalue weighted by Crippen LogP contribution is 2.43. The third-order valence-corrected chi connectivity index (χ3v) is 7.96. The second-order valence-corrected chi connectivity index (χ2v) is 9.83. The molecule has 0 saturated heterocycles. The first-order chi connectivity index (χ1) is 14.2. The lowest BCUT2D eigenvalue weighted by molar-refractivity contribution is -0.126. The van der Waals surface area contributed by atoms with Crippen LogP contribution in [0, 0.1) is 0 Å². The van der Waals surface area contributed by atoms with Crippen LogP contribution in [0.5, 0.6) is 0 Å². The average Bonchev–Trinajstić information content (AvgIpc) is 3.23. The third kappa shape index (κ3) is 3.38. The lowest BCUT2D eigenvalue weighted by Gasteiger charge is -2.26. The topological polar surface area (TPSA) is 68.9 Å². The minimum Gasteiger partial charge on any atom is -0.353 e. The van der Waals surface area contributed by atoms with Crippen molar-refractivity contribution in [3.8, 4) is 10.7 Å². The molecule has 2 aliphatic carbocycles. The molecule has 8 heteroatoms. The first kappa shape index (κ1) is 18.8. The van der Waals surface area contributed by atoms with Crippen molar-refractivity contribution in [1.29, 1.82) is 0 Å². The summed E-state index contributed by atoms with van der Waals surface area (Å²) in [5.41, 5.74) is -0.465. The van der Waals surface area contributed by atoms with Gasteiger partial charge < -0.3 is 5.32 Å². The molecule has 1 N–H and O–H groups in total. The Morgan fingerprint density at radius 2 is 1.93 bits per heavy atom. The molecule has 5 rings (SSSR count). The van der Waals surface area contributed by atoms with E-state index in [4.69, 9.17) is 0 Å². The van der Waals surface area contributed by atoms with E-state index in [2.05, 4.69) is 16.5 Å². The van der Waals surface area contributed by atoms with Gasteiger partial charge in [0.15, 0.2) is 5.82 Å². The quantitative estimate of drug-likeness (QED) is 0.622. The zero-order valence-electron chi connectivity index (χ0n) is 16.2. The molecular weight excluding hydrogens is 404 g/mol. The van der Waals surface area contributed by atoms with Gasteiger partial charge in [0.05, 0.1) is 16.8 Å². The molecule has 2 aliphatic rings. The highest BCUT2D eigenvalue weighted by Gasteiger charge is 2.43. The molecule has 6 nitrogen and oxygen atoms in total. The van der Waals surface area contributed by atoms with E-state index in [1.165, 1.54) is 4.68 Å². The second kappa shape index (κ2) is 7.57. The van der Waals surface area contributed by atoms with Crippen LogP contribution in [0.4, 0.5) is 0 Å². The van der Waals surface area contributed by atoms with Crippen LogP contribution in [0.15, 0.2) is 39.8 Å². The van der Waals surface area contributed by atoms with Crippen LogP contribution in [-0.4, -0.2) is 26.8 Å². The van der Waals surface area contributed by atoms with Crippen LogP contribution in [-0.2, 0) is 16.8 Å². The van der Waals surface area contributed by atoms with Gasteiger partial charge >= 0.3 is 5.69 Å². The Morgan fingerprint density at radius 1 is 1.17 bits per heavy atom. The summed E-state index contributed by atoms with van der Waals surface area (Å²) in [5.74, 6) is 0.843. The number of rotatable bonds is 7. The van der Waals surface area contributed by atoms with Gasteiger partial charge in [0.2, 0.25) is 5.91 Å². The maximum Gasteiger partial charge on any atom is 0.346 e. The predicted octanol–water partition coefficient (Wildman–Crippen LogP) is 3.80. The Labute approximate surface area is 177 Å². The first-order valence-electron chi connectivity index (χ1n) is 10.2. The zero-order chi connectivity index (χ0) is 19.8. The molecule has 0 atom stereocenters. The van der Waals surface area contributed by atoms with Gasteiger partial charge in [-0.25, -0.2) is 9.48 Å². The predicted molar refractivity (Wildman–Crippen MR) is 116 cm³/mol. The Hall–Kier alpha value is -2.19. The minimum atomic E-state index is -0.394. The number of carbonyl (C=O) groups excluding carboxylic acids is 1. The van der Waals surface area contributed by atoms with Crippen LogP contribution in [0.25, 0.3) is 10.7 Å². The summed E-state index contributed by atoms with van der Waals surface area (Å²) >= 11 is 3.26. The molecule has 2 fully saturated rings. The number of hydrogen-bond acceptors (Lipinski definition) is 5. The summed E-state index contributed by atoms with van der Waals surface area (Å²) < 4.78 is 3.35. The van der Waals surface area contributed by atoms with Crippen LogP contribution in [0.2, 0.25) is 0 Å². The van der Waals surface area contributed by atoms with Crippen molar-refractivity contribution >= 4 is 28.6 Å². The molecule has 0 unspecified atom stereocenters. The molecular formula is C21H24N4O2S2.